The Morgan fingerprint density at radius 2 is 2.06 bits per heavy atom. The molecule has 17 heavy (non-hydrogen) atoms. The van der Waals surface area contributed by atoms with Gasteiger partial charge in [-0.3, -0.25) is 0 Å². The predicted molar refractivity (Wildman–Crippen MR) is 68.4 cm³/mol. The van der Waals surface area contributed by atoms with Gasteiger partial charge in [0.2, 0.25) is 0 Å². The van der Waals surface area contributed by atoms with Gasteiger partial charge in [0, 0.05) is 11.6 Å². The molecule has 0 fully saturated rings. The second kappa shape index (κ2) is 5.65. The standard InChI is InChI=1S/C12H14N2O2S/c15-8-10(14-12-13-5-6-17-12)7-9-1-3-11(16)4-2-9/h1-6,10,15-16H,7-8H2,(H,13,14)/t10-/m0/s1. The Balaban J connectivity index is 1.97. The second-order valence-electron chi connectivity index (χ2n) is 3.73. The van der Waals surface area contributed by atoms with Crippen molar-refractivity contribution >= 4 is 16.5 Å². The summed E-state index contributed by atoms with van der Waals surface area (Å²) in [6, 6.07) is 6.93. The van der Waals surface area contributed by atoms with Gasteiger partial charge in [-0.2, -0.15) is 0 Å². The molecule has 0 amide bonds. The van der Waals surface area contributed by atoms with Gasteiger partial charge in [0.1, 0.15) is 5.75 Å². The molecule has 0 saturated heterocycles. The zero-order valence-electron chi connectivity index (χ0n) is 9.21. The van der Waals surface area contributed by atoms with Crippen LogP contribution in [0.5, 0.6) is 5.75 Å². The normalized spacial score (nSPS) is 12.3. The van der Waals surface area contributed by atoms with E-state index in [1.807, 2.05) is 17.5 Å². The van der Waals surface area contributed by atoms with E-state index in [2.05, 4.69) is 10.3 Å². The molecule has 0 aliphatic rings. The number of hydrogen-bond donors (Lipinski definition) is 3. The van der Waals surface area contributed by atoms with E-state index in [-0.39, 0.29) is 18.4 Å². The highest BCUT2D eigenvalue weighted by molar-refractivity contribution is 7.13. The first kappa shape index (κ1) is 11.9. The number of aliphatic hydroxyl groups excluding tert-OH is 1. The van der Waals surface area contributed by atoms with Gasteiger partial charge in [-0.1, -0.05) is 12.1 Å². The molecular formula is C12H14N2O2S. The van der Waals surface area contributed by atoms with E-state index < -0.39 is 0 Å². The highest BCUT2D eigenvalue weighted by Crippen LogP contribution is 2.15. The maximum atomic E-state index is 9.31. The van der Waals surface area contributed by atoms with Gasteiger partial charge in [-0.25, -0.2) is 4.98 Å². The summed E-state index contributed by atoms with van der Waals surface area (Å²) in [6.45, 7) is 0.0421. The molecule has 0 radical (unpaired) electrons. The fourth-order valence-corrected chi connectivity index (χ4v) is 2.15. The van der Waals surface area contributed by atoms with E-state index in [0.29, 0.717) is 6.42 Å². The third-order valence-corrected chi connectivity index (χ3v) is 3.10. The fraction of sp³-hybridized carbons (Fsp3) is 0.250. The average molecular weight is 250 g/mol. The van der Waals surface area contributed by atoms with Crippen molar-refractivity contribution < 1.29 is 10.2 Å². The quantitative estimate of drug-likeness (QED) is 0.758. The van der Waals surface area contributed by atoms with Crippen LogP contribution in [0.3, 0.4) is 0 Å². The molecule has 1 aromatic heterocycles. The number of hydrogen-bond acceptors (Lipinski definition) is 5. The molecule has 4 nitrogen and oxygen atoms in total. The summed E-state index contributed by atoms with van der Waals surface area (Å²) in [5, 5.41) is 24.3. The van der Waals surface area contributed by atoms with Crippen molar-refractivity contribution in [3.63, 3.8) is 0 Å². The molecule has 0 saturated carbocycles. The number of thiazole rings is 1. The SMILES string of the molecule is OC[C@H](Cc1ccc(O)cc1)Nc1nccs1. The first-order chi connectivity index (χ1) is 8.28. The topological polar surface area (TPSA) is 65.4 Å². The van der Waals surface area contributed by atoms with Crippen LogP contribution in [0.15, 0.2) is 35.8 Å². The Morgan fingerprint density at radius 1 is 1.29 bits per heavy atom. The molecule has 1 heterocycles. The number of nitrogens with zero attached hydrogens (tertiary/aromatic N) is 1. The number of phenols is 1. The maximum absolute atomic E-state index is 9.31. The maximum Gasteiger partial charge on any atom is 0.182 e. The van der Waals surface area contributed by atoms with Gasteiger partial charge >= 0.3 is 0 Å². The smallest absolute Gasteiger partial charge is 0.182 e. The van der Waals surface area contributed by atoms with Crippen molar-refractivity contribution in [2.75, 3.05) is 11.9 Å². The van der Waals surface area contributed by atoms with Crippen LogP contribution >= 0.6 is 11.3 Å². The zero-order valence-corrected chi connectivity index (χ0v) is 10.0. The van der Waals surface area contributed by atoms with Crippen LogP contribution in [0.1, 0.15) is 5.56 Å². The molecule has 2 aromatic rings. The van der Waals surface area contributed by atoms with Crippen LogP contribution in [0, 0.1) is 0 Å². The highest BCUT2D eigenvalue weighted by Gasteiger charge is 2.09. The van der Waals surface area contributed by atoms with Crippen LogP contribution < -0.4 is 5.32 Å². The Labute approximate surface area is 104 Å². The summed E-state index contributed by atoms with van der Waals surface area (Å²) in [5.41, 5.74) is 1.06. The lowest BCUT2D eigenvalue weighted by atomic mass is 10.1. The molecule has 0 aliphatic carbocycles. The van der Waals surface area contributed by atoms with Crippen LogP contribution in [0.25, 0.3) is 0 Å². The molecule has 2 rings (SSSR count). The third-order valence-electron chi connectivity index (χ3n) is 2.40. The summed E-state index contributed by atoms with van der Waals surface area (Å²) < 4.78 is 0. The zero-order chi connectivity index (χ0) is 12.1. The monoisotopic (exact) mass is 250 g/mol. The van der Waals surface area contributed by atoms with Gasteiger partial charge in [-0.15, -0.1) is 11.3 Å². The number of rotatable bonds is 5. The van der Waals surface area contributed by atoms with Crippen molar-refractivity contribution in [2.24, 2.45) is 0 Å². The van der Waals surface area contributed by atoms with Crippen molar-refractivity contribution in [3.8, 4) is 5.75 Å². The molecule has 5 heteroatoms. The van der Waals surface area contributed by atoms with Crippen molar-refractivity contribution in [1.29, 1.82) is 0 Å². The first-order valence-electron chi connectivity index (χ1n) is 5.32. The number of aliphatic hydroxyl groups is 1. The van der Waals surface area contributed by atoms with E-state index in [1.165, 1.54) is 11.3 Å². The minimum absolute atomic E-state index is 0.0421. The average Bonchev–Trinajstić information content (AvgIpc) is 2.84. The number of aromatic nitrogens is 1. The Bertz CT molecular complexity index is 442. The molecule has 0 aliphatic heterocycles. The van der Waals surface area contributed by atoms with Crippen molar-refractivity contribution in [2.45, 2.75) is 12.5 Å². The van der Waals surface area contributed by atoms with E-state index >= 15 is 0 Å². The Morgan fingerprint density at radius 3 is 2.65 bits per heavy atom. The summed E-state index contributed by atoms with van der Waals surface area (Å²) in [5.74, 6) is 0.252. The number of aromatic hydroxyl groups is 1. The van der Waals surface area contributed by atoms with Gasteiger partial charge in [0.25, 0.3) is 0 Å². The van der Waals surface area contributed by atoms with Crippen molar-refractivity contribution in [1.82, 2.24) is 4.98 Å². The minimum Gasteiger partial charge on any atom is -0.508 e. The van der Waals surface area contributed by atoms with Gasteiger partial charge < -0.3 is 15.5 Å². The molecular weight excluding hydrogens is 236 g/mol. The molecule has 0 bridgehead atoms. The summed E-state index contributed by atoms with van der Waals surface area (Å²) in [6.07, 6.45) is 2.42. The van der Waals surface area contributed by atoms with E-state index in [1.54, 1.807) is 18.3 Å². The lowest BCUT2D eigenvalue weighted by molar-refractivity contribution is 0.273. The molecule has 1 aromatic carbocycles. The largest absolute Gasteiger partial charge is 0.508 e. The highest BCUT2D eigenvalue weighted by atomic mass is 32.1. The Hall–Kier alpha value is -1.59. The summed E-state index contributed by atoms with van der Waals surface area (Å²) >= 11 is 1.51. The van der Waals surface area contributed by atoms with Crippen LogP contribution in [0.4, 0.5) is 5.13 Å². The summed E-state index contributed by atoms with van der Waals surface area (Å²) in [4.78, 5) is 4.12. The third kappa shape index (κ3) is 3.44. The van der Waals surface area contributed by atoms with E-state index in [4.69, 9.17) is 0 Å². The first-order valence-corrected chi connectivity index (χ1v) is 6.20. The lowest BCUT2D eigenvalue weighted by Gasteiger charge is -2.15. The van der Waals surface area contributed by atoms with Crippen LogP contribution in [-0.2, 0) is 6.42 Å². The van der Waals surface area contributed by atoms with Gasteiger partial charge in [0.15, 0.2) is 5.13 Å². The number of nitrogens with one attached hydrogen (secondary N) is 1. The molecule has 0 spiro atoms. The van der Waals surface area contributed by atoms with Crippen LogP contribution in [0.2, 0.25) is 0 Å². The number of anilines is 1. The van der Waals surface area contributed by atoms with Crippen LogP contribution in [-0.4, -0.2) is 27.8 Å². The van der Waals surface area contributed by atoms with E-state index in [9.17, 15) is 10.2 Å². The molecule has 3 N–H and O–H groups in total. The minimum atomic E-state index is -0.0642. The molecule has 1 atom stereocenters. The predicted octanol–water partition coefficient (Wildman–Crippen LogP) is 1.86. The van der Waals surface area contributed by atoms with E-state index in [0.717, 1.165) is 10.7 Å². The van der Waals surface area contributed by atoms with Gasteiger partial charge in [0.05, 0.1) is 12.6 Å². The Kier molecular flexibility index (Phi) is 3.95. The van der Waals surface area contributed by atoms with Crippen molar-refractivity contribution in [3.05, 3.63) is 41.4 Å². The summed E-state index contributed by atoms with van der Waals surface area (Å²) in [7, 11) is 0. The number of benzene rings is 1. The molecule has 90 valence electrons. The van der Waals surface area contributed by atoms with Gasteiger partial charge in [-0.05, 0) is 24.1 Å². The lowest BCUT2D eigenvalue weighted by Crippen LogP contribution is -2.26. The fourth-order valence-electron chi connectivity index (χ4n) is 1.55. The number of phenolic OH excluding ortho intramolecular Hbond substituents is 1. The second-order valence-corrected chi connectivity index (χ2v) is 4.63. The molecule has 0 unspecified atom stereocenters.